The fraction of sp³-hybridized carbons (Fsp3) is 0.316. The molecule has 0 unspecified atom stereocenters. The Kier molecular flexibility index (Phi) is 5.56. The molecular weight excluding hydrogens is 258 g/mol. The lowest BCUT2D eigenvalue weighted by Crippen LogP contribution is -2.21. The molecule has 0 saturated carbocycles. The van der Waals surface area contributed by atoms with Crippen molar-refractivity contribution in [2.75, 3.05) is 0 Å². The molecule has 2 heteroatoms. The molecule has 2 aromatic rings. The molecule has 2 nitrogen and oxygen atoms in total. The van der Waals surface area contributed by atoms with Gasteiger partial charge in [-0.1, -0.05) is 68.8 Å². The van der Waals surface area contributed by atoms with Gasteiger partial charge in [0.1, 0.15) is 0 Å². The lowest BCUT2D eigenvalue weighted by atomic mass is 10.0. The third kappa shape index (κ3) is 4.45. The molecular formula is C19H23NO. The minimum Gasteiger partial charge on any atom is -0.352 e. The Balaban J connectivity index is 2.02. The van der Waals surface area contributed by atoms with Crippen LogP contribution in [0, 0.1) is 0 Å². The van der Waals surface area contributed by atoms with E-state index < -0.39 is 0 Å². The van der Waals surface area contributed by atoms with Crippen LogP contribution in [0.2, 0.25) is 0 Å². The van der Waals surface area contributed by atoms with Gasteiger partial charge in [0.25, 0.3) is 0 Å². The number of hydrogen-bond donors (Lipinski definition) is 1. The van der Waals surface area contributed by atoms with Crippen LogP contribution < -0.4 is 5.32 Å². The Bertz CT molecular complexity index is 570. The molecule has 2 rings (SSSR count). The first-order valence-electron chi connectivity index (χ1n) is 7.68. The number of rotatable bonds is 6. The zero-order chi connectivity index (χ0) is 15.1. The van der Waals surface area contributed by atoms with Crippen LogP contribution in [-0.2, 0) is 17.8 Å². The van der Waals surface area contributed by atoms with Gasteiger partial charge < -0.3 is 5.32 Å². The molecule has 0 aromatic heterocycles. The van der Waals surface area contributed by atoms with Gasteiger partial charge in [-0.25, -0.2) is 0 Å². The summed E-state index contributed by atoms with van der Waals surface area (Å²) in [6, 6.07) is 17.1. The zero-order valence-corrected chi connectivity index (χ0v) is 12.9. The second-order valence-electron chi connectivity index (χ2n) is 5.27. The van der Waals surface area contributed by atoms with Gasteiger partial charge in [0.15, 0.2) is 0 Å². The molecule has 0 heterocycles. The Morgan fingerprint density at radius 1 is 0.857 bits per heavy atom. The largest absolute Gasteiger partial charge is 0.352 e. The topological polar surface area (TPSA) is 29.1 Å². The normalized spacial score (nSPS) is 10.4. The summed E-state index contributed by atoms with van der Waals surface area (Å²) in [5.41, 5.74) is 4.96. The Hall–Kier alpha value is -2.09. The lowest BCUT2D eigenvalue weighted by molar-refractivity contribution is -0.120. The van der Waals surface area contributed by atoms with Crippen molar-refractivity contribution in [1.29, 1.82) is 0 Å². The molecule has 2 aromatic carbocycles. The zero-order valence-electron chi connectivity index (χ0n) is 12.9. The highest BCUT2D eigenvalue weighted by Gasteiger charge is 2.00. The fourth-order valence-electron chi connectivity index (χ4n) is 2.29. The molecule has 0 aliphatic rings. The molecule has 0 aliphatic carbocycles. The lowest BCUT2D eigenvalue weighted by Gasteiger charge is -2.07. The number of amides is 1. The Morgan fingerprint density at radius 2 is 1.38 bits per heavy atom. The molecule has 1 N–H and O–H groups in total. The fourth-order valence-corrected chi connectivity index (χ4v) is 2.29. The monoisotopic (exact) mass is 281 g/mol. The quantitative estimate of drug-likeness (QED) is 0.838. The highest BCUT2D eigenvalue weighted by Crippen LogP contribution is 2.20. The van der Waals surface area contributed by atoms with Crippen LogP contribution in [0.5, 0.6) is 0 Å². The molecule has 0 spiro atoms. The SMILES string of the molecule is CCCc1ccc(-c2ccc(CNC(=O)CC)cc2)cc1. The van der Waals surface area contributed by atoms with E-state index in [0.29, 0.717) is 13.0 Å². The van der Waals surface area contributed by atoms with Gasteiger partial charge in [0.2, 0.25) is 5.91 Å². The second kappa shape index (κ2) is 7.63. The number of nitrogens with one attached hydrogen (secondary N) is 1. The molecule has 0 radical (unpaired) electrons. The molecule has 1 amide bonds. The first-order valence-corrected chi connectivity index (χ1v) is 7.68. The minimum absolute atomic E-state index is 0.0885. The van der Waals surface area contributed by atoms with E-state index >= 15 is 0 Å². The Labute approximate surface area is 127 Å². The molecule has 0 bridgehead atoms. The summed E-state index contributed by atoms with van der Waals surface area (Å²) in [6.45, 7) is 4.66. The van der Waals surface area contributed by atoms with Crippen molar-refractivity contribution in [3.05, 3.63) is 59.7 Å². The predicted molar refractivity (Wildman–Crippen MR) is 88.0 cm³/mol. The molecule has 21 heavy (non-hydrogen) atoms. The van der Waals surface area contributed by atoms with Crippen molar-refractivity contribution in [3.8, 4) is 11.1 Å². The van der Waals surface area contributed by atoms with E-state index in [0.717, 1.165) is 12.0 Å². The van der Waals surface area contributed by atoms with E-state index in [-0.39, 0.29) is 5.91 Å². The van der Waals surface area contributed by atoms with E-state index in [2.05, 4.69) is 60.8 Å². The van der Waals surface area contributed by atoms with Gasteiger partial charge >= 0.3 is 0 Å². The van der Waals surface area contributed by atoms with Crippen molar-refractivity contribution in [3.63, 3.8) is 0 Å². The summed E-state index contributed by atoms with van der Waals surface area (Å²) < 4.78 is 0. The van der Waals surface area contributed by atoms with Gasteiger partial charge in [-0.05, 0) is 28.7 Å². The second-order valence-corrected chi connectivity index (χ2v) is 5.27. The first kappa shape index (κ1) is 15.3. The molecule has 0 aliphatic heterocycles. The maximum atomic E-state index is 11.2. The van der Waals surface area contributed by atoms with Crippen molar-refractivity contribution >= 4 is 5.91 Å². The van der Waals surface area contributed by atoms with Gasteiger partial charge in [0.05, 0.1) is 0 Å². The van der Waals surface area contributed by atoms with Crippen LogP contribution in [-0.4, -0.2) is 5.91 Å². The summed E-state index contributed by atoms with van der Waals surface area (Å²) in [4.78, 5) is 11.2. The van der Waals surface area contributed by atoms with Crippen molar-refractivity contribution < 1.29 is 4.79 Å². The molecule has 110 valence electrons. The van der Waals surface area contributed by atoms with Crippen molar-refractivity contribution in [2.45, 2.75) is 39.7 Å². The maximum Gasteiger partial charge on any atom is 0.219 e. The van der Waals surface area contributed by atoms with Crippen LogP contribution in [0.3, 0.4) is 0 Å². The average molecular weight is 281 g/mol. The van der Waals surface area contributed by atoms with Crippen LogP contribution in [0.1, 0.15) is 37.8 Å². The van der Waals surface area contributed by atoms with E-state index in [1.807, 2.05) is 6.92 Å². The summed E-state index contributed by atoms with van der Waals surface area (Å²) in [5, 5.41) is 2.89. The highest BCUT2D eigenvalue weighted by molar-refractivity contribution is 5.75. The third-order valence-corrected chi connectivity index (χ3v) is 3.59. The van der Waals surface area contributed by atoms with Gasteiger partial charge in [0, 0.05) is 13.0 Å². The van der Waals surface area contributed by atoms with Gasteiger partial charge in [-0.15, -0.1) is 0 Å². The van der Waals surface area contributed by atoms with Crippen LogP contribution in [0.15, 0.2) is 48.5 Å². The van der Waals surface area contributed by atoms with Gasteiger partial charge in [-0.3, -0.25) is 4.79 Å². The predicted octanol–water partition coefficient (Wildman–Crippen LogP) is 4.33. The maximum absolute atomic E-state index is 11.2. The molecule has 0 atom stereocenters. The first-order chi connectivity index (χ1) is 10.2. The summed E-state index contributed by atoms with van der Waals surface area (Å²) >= 11 is 0. The van der Waals surface area contributed by atoms with E-state index in [4.69, 9.17) is 0 Å². The number of benzene rings is 2. The smallest absolute Gasteiger partial charge is 0.219 e. The number of aryl methyl sites for hydroxylation is 1. The molecule has 0 saturated heterocycles. The standard InChI is InChI=1S/C19H23NO/c1-3-5-15-6-10-17(11-7-15)18-12-8-16(9-13-18)14-20-19(21)4-2/h6-13H,3-5,14H2,1-2H3,(H,20,21). The van der Waals surface area contributed by atoms with Gasteiger partial charge in [-0.2, -0.15) is 0 Å². The van der Waals surface area contributed by atoms with E-state index in [9.17, 15) is 4.79 Å². The van der Waals surface area contributed by atoms with Crippen LogP contribution in [0.25, 0.3) is 11.1 Å². The summed E-state index contributed by atoms with van der Waals surface area (Å²) in [6.07, 6.45) is 2.84. The highest BCUT2D eigenvalue weighted by atomic mass is 16.1. The average Bonchev–Trinajstić information content (AvgIpc) is 2.54. The Morgan fingerprint density at radius 3 is 1.86 bits per heavy atom. The van der Waals surface area contributed by atoms with Crippen molar-refractivity contribution in [2.24, 2.45) is 0 Å². The molecule has 0 fully saturated rings. The van der Waals surface area contributed by atoms with E-state index in [1.54, 1.807) is 0 Å². The van der Waals surface area contributed by atoms with Crippen LogP contribution in [0.4, 0.5) is 0 Å². The number of hydrogen-bond acceptors (Lipinski definition) is 1. The van der Waals surface area contributed by atoms with E-state index in [1.165, 1.54) is 23.1 Å². The number of carbonyl (C=O) groups excluding carboxylic acids is 1. The minimum atomic E-state index is 0.0885. The van der Waals surface area contributed by atoms with Crippen LogP contribution >= 0.6 is 0 Å². The third-order valence-electron chi connectivity index (χ3n) is 3.59. The summed E-state index contributed by atoms with van der Waals surface area (Å²) in [7, 11) is 0. The van der Waals surface area contributed by atoms with Crippen molar-refractivity contribution in [1.82, 2.24) is 5.32 Å². The summed E-state index contributed by atoms with van der Waals surface area (Å²) in [5.74, 6) is 0.0885. The number of carbonyl (C=O) groups is 1.